The van der Waals surface area contributed by atoms with Crippen LogP contribution in [0.1, 0.15) is 78.4 Å². The minimum absolute atomic E-state index is 0.126. The van der Waals surface area contributed by atoms with Crippen LogP contribution in [0.2, 0.25) is 0 Å². The number of benzene rings is 2. The van der Waals surface area contributed by atoms with Gasteiger partial charge in [-0.2, -0.15) is 0 Å². The van der Waals surface area contributed by atoms with Gasteiger partial charge in [0.1, 0.15) is 6.29 Å². The fraction of sp³-hybridized carbons (Fsp3) is 0.531. The summed E-state index contributed by atoms with van der Waals surface area (Å²) in [5.74, 6) is 3.40. The molecule has 2 aromatic carbocycles. The Balaban J connectivity index is 1.08. The van der Waals surface area contributed by atoms with E-state index in [1.807, 2.05) is 12.1 Å². The zero-order valence-electron chi connectivity index (χ0n) is 22.8. The molecule has 4 aliphatic carbocycles. The molecule has 2 aromatic rings. The number of amides is 2. The molecule has 2 N–H and O–H groups in total. The van der Waals surface area contributed by atoms with Crippen molar-refractivity contribution in [3.05, 3.63) is 64.7 Å². The molecule has 6 nitrogen and oxygen atoms in total. The van der Waals surface area contributed by atoms with E-state index in [9.17, 15) is 14.4 Å². The largest absolute Gasteiger partial charge is 0.359 e. The number of thioether (sulfide) groups is 1. The van der Waals surface area contributed by atoms with Gasteiger partial charge in [0.2, 0.25) is 5.91 Å². The van der Waals surface area contributed by atoms with Crippen LogP contribution in [0.25, 0.3) is 0 Å². The van der Waals surface area contributed by atoms with Crippen LogP contribution >= 0.6 is 11.8 Å². The number of rotatable bonds is 11. The number of carbonyl (C=O) groups excluding carboxylic acids is 3. The summed E-state index contributed by atoms with van der Waals surface area (Å²) in [4.78, 5) is 39.3. The van der Waals surface area contributed by atoms with Crippen LogP contribution in [0.4, 0.5) is 0 Å². The fourth-order valence-corrected chi connectivity index (χ4v) is 9.06. The zero-order chi connectivity index (χ0) is 27.0. The quantitative estimate of drug-likeness (QED) is 0.304. The maximum Gasteiger partial charge on any atom is 0.255 e. The van der Waals surface area contributed by atoms with E-state index in [1.165, 1.54) is 49.7 Å². The Hall–Kier alpha value is -2.64. The highest BCUT2D eigenvalue weighted by molar-refractivity contribution is 7.98. The molecule has 0 aromatic heterocycles. The van der Waals surface area contributed by atoms with Crippen LogP contribution in [-0.4, -0.2) is 41.6 Å². The highest BCUT2D eigenvalue weighted by Gasteiger charge is 2.50. The third-order valence-electron chi connectivity index (χ3n) is 9.55. The first-order valence-corrected chi connectivity index (χ1v) is 15.5. The summed E-state index contributed by atoms with van der Waals surface area (Å²) in [6.07, 6.45) is 9.82. The molecule has 1 unspecified atom stereocenters. The van der Waals surface area contributed by atoms with E-state index in [-0.39, 0.29) is 18.2 Å². The second kappa shape index (κ2) is 11.1. The van der Waals surface area contributed by atoms with Gasteiger partial charge >= 0.3 is 0 Å². The van der Waals surface area contributed by atoms with Gasteiger partial charge < -0.3 is 20.3 Å². The molecule has 7 heteroatoms. The molecule has 4 saturated carbocycles. The van der Waals surface area contributed by atoms with E-state index in [4.69, 9.17) is 0 Å². The standard InChI is InChI=1S/C32H39N3O3S/c1-33-30(37)9-8-26(19-36)35-18-28-27(31(35)38)6-3-7-29(28)39-20-22-5-2-4-21(10-22)17-34-32-14-23-11-24(15-32)13-25(12-23)16-32/h2-7,10,19,23-26,34H,8-9,11-18,20H2,1H3,(H,33,37). The van der Waals surface area contributed by atoms with Crippen molar-refractivity contribution in [3.63, 3.8) is 0 Å². The first kappa shape index (κ1) is 26.6. The lowest BCUT2D eigenvalue weighted by atomic mass is 9.53. The third-order valence-corrected chi connectivity index (χ3v) is 10.7. The van der Waals surface area contributed by atoms with E-state index >= 15 is 0 Å². The van der Waals surface area contributed by atoms with E-state index in [0.29, 0.717) is 24.1 Å². The fourth-order valence-electron chi connectivity index (χ4n) is 8.04. The molecule has 0 saturated heterocycles. The number of carbonyl (C=O) groups is 3. The average Bonchev–Trinajstić information content (AvgIpc) is 3.27. The predicted molar refractivity (Wildman–Crippen MR) is 153 cm³/mol. The number of hydrogen-bond acceptors (Lipinski definition) is 5. The molecule has 0 spiro atoms. The summed E-state index contributed by atoms with van der Waals surface area (Å²) < 4.78 is 0. The van der Waals surface area contributed by atoms with Gasteiger partial charge in [-0.05, 0) is 91.5 Å². The Morgan fingerprint density at radius 2 is 1.77 bits per heavy atom. The monoisotopic (exact) mass is 545 g/mol. The topological polar surface area (TPSA) is 78.5 Å². The third kappa shape index (κ3) is 5.53. The van der Waals surface area contributed by atoms with Crippen molar-refractivity contribution >= 4 is 29.9 Å². The van der Waals surface area contributed by atoms with Crippen molar-refractivity contribution in [1.82, 2.24) is 15.5 Å². The second-order valence-corrected chi connectivity index (χ2v) is 13.3. The highest BCUT2D eigenvalue weighted by Crippen LogP contribution is 2.55. The van der Waals surface area contributed by atoms with Crippen LogP contribution < -0.4 is 10.6 Å². The van der Waals surface area contributed by atoms with Gasteiger partial charge in [-0.1, -0.05) is 30.3 Å². The molecule has 7 rings (SSSR count). The molecule has 39 heavy (non-hydrogen) atoms. The lowest BCUT2D eigenvalue weighted by Gasteiger charge is -2.57. The highest BCUT2D eigenvalue weighted by atomic mass is 32.2. The summed E-state index contributed by atoms with van der Waals surface area (Å²) in [6, 6.07) is 14.1. The van der Waals surface area contributed by atoms with Crippen LogP contribution in [0.3, 0.4) is 0 Å². The molecule has 2 amide bonds. The van der Waals surface area contributed by atoms with Crippen molar-refractivity contribution in [2.24, 2.45) is 17.8 Å². The van der Waals surface area contributed by atoms with Crippen LogP contribution in [-0.2, 0) is 28.4 Å². The summed E-state index contributed by atoms with van der Waals surface area (Å²) in [5.41, 5.74) is 4.63. The van der Waals surface area contributed by atoms with E-state index in [1.54, 1.807) is 23.7 Å². The van der Waals surface area contributed by atoms with Gasteiger partial charge in [-0.3, -0.25) is 9.59 Å². The molecular formula is C32H39N3O3S. The van der Waals surface area contributed by atoms with Crippen molar-refractivity contribution in [2.75, 3.05) is 7.05 Å². The molecule has 0 radical (unpaired) electrons. The average molecular weight is 546 g/mol. The molecule has 4 bridgehead atoms. The van der Waals surface area contributed by atoms with Crippen LogP contribution in [0.5, 0.6) is 0 Å². The molecular weight excluding hydrogens is 506 g/mol. The number of fused-ring (bicyclic) bond motifs is 1. The van der Waals surface area contributed by atoms with Gasteiger partial charge in [-0.15, -0.1) is 11.8 Å². The smallest absolute Gasteiger partial charge is 0.255 e. The maximum atomic E-state index is 13.1. The Bertz CT molecular complexity index is 1230. The summed E-state index contributed by atoms with van der Waals surface area (Å²) in [7, 11) is 1.58. The SMILES string of the molecule is CNC(=O)CCC(C=O)N1Cc2c(SCc3cccc(CNC45CC6CC(CC(C6)C4)C5)c3)cccc2C1=O. The Labute approximate surface area is 235 Å². The van der Waals surface area contributed by atoms with Gasteiger partial charge in [0.05, 0.1) is 6.04 Å². The van der Waals surface area contributed by atoms with E-state index < -0.39 is 6.04 Å². The van der Waals surface area contributed by atoms with Crippen molar-refractivity contribution in [2.45, 2.75) is 86.7 Å². The summed E-state index contributed by atoms with van der Waals surface area (Å²) in [6.45, 7) is 1.33. The molecule has 1 heterocycles. The van der Waals surface area contributed by atoms with Crippen molar-refractivity contribution in [3.8, 4) is 0 Å². The minimum Gasteiger partial charge on any atom is -0.359 e. The maximum absolute atomic E-state index is 13.1. The van der Waals surface area contributed by atoms with Gasteiger partial charge in [-0.25, -0.2) is 0 Å². The zero-order valence-corrected chi connectivity index (χ0v) is 23.6. The first-order valence-electron chi connectivity index (χ1n) is 14.5. The Kier molecular flexibility index (Phi) is 7.56. The Morgan fingerprint density at radius 3 is 2.46 bits per heavy atom. The molecule has 1 atom stereocenters. The number of nitrogens with zero attached hydrogens (tertiary/aromatic N) is 1. The molecule has 1 aliphatic heterocycles. The normalized spacial score (nSPS) is 27.5. The summed E-state index contributed by atoms with van der Waals surface area (Å²) >= 11 is 1.75. The lowest BCUT2D eigenvalue weighted by molar-refractivity contribution is -0.121. The Morgan fingerprint density at radius 1 is 1.08 bits per heavy atom. The van der Waals surface area contributed by atoms with Crippen molar-refractivity contribution < 1.29 is 14.4 Å². The van der Waals surface area contributed by atoms with Crippen molar-refractivity contribution in [1.29, 1.82) is 0 Å². The molecule has 5 aliphatic rings. The number of nitrogens with one attached hydrogen (secondary N) is 2. The van der Waals surface area contributed by atoms with Gasteiger partial charge in [0.25, 0.3) is 5.91 Å². The van der Waals surface area contributed by atoms with Gasteiger partial charge in [0, 0.05) is 48.3 Å². The lowest BCUT2D eigenvalue weighted by Crippen LogP contribution is -2.58. The van der Waals surface area contributed by atoms with Crippen LogP contribution in [0.15, 0.2) is 47.4 Å². The minimum atomic E-state index is -0.599. The number of hydrogen-bond donors (Lipinski definition) is 2. The summed E-state index contributed by atoms with van der Waals surface area (Å²) in [5, 5.41) is 6.60. The number of aldehydes is 1. The first-order chi connectivity index (χ1) is 18.9. The van der Waals surface area contributed by atoms with Crippen LogP contribution in [0, 0.1) is 17.8 Å². The van der Waals surface area contributed by atoms with E-state index in [0.717, 1.165) is 46.8 Å². The second-order valence-electron chi connectivity index (χ2n) is 12.3. The van der Waals surface area contributed by atoms with E-state index in [2.05, 4.69) is 41.0 Å². The van der Waals surface area contributed by atoms with Gasteiger partial charge in [0.15, 0.2) is 0 Å². The molecule has 206 valence electrons. The molecule has 4 fully saturated rings. The predicted octanol–water partition coefficient (Wildman–Crippen LogP) is 5.09.